The number of benzene rings is 1. The number of ether oxygens (including phenoxy) is 2. The predicted molar refractivity (Wildman–Crippen MR) is 80.4 cm³/mol. The summed E-state index contributed by atoms with van der Waals surface area (Å²) < 4.78 is 11.3. The fourth-order valence-electron chi connectivity index (χ4n) is 3.50. The van der Waals surface area contributed by atoms with Crippen LogP contribution in [0.4, 0.5) is 0 Å². The Morgan fingerprint density at radius 3 is 2.60 bits per heavy atom. The van der Waals surface area contributed by atoms with E-state index in [1.54, 1.807) is 0 Å². The zero-order chi connectivity index (χ0) is 13.8. The van der Waals surface area contributed by atoms with Crippen LogP contribution < -0.4 is 14.8 Å². The van der Waals surface area contributed by atoms with Gasteiger partial charge in [0.2, 0.25) is 0 Å². The summed E-state index contributed by atoms with van der Waals surface area (Å²) in [6, 6.07) is 6.90. The highest BCUT2D eigenvalue weighted by molar-refractivity contribution is 5.44. The first-order chi connectivity index (χ1) is 9.88. The van der Waals surface area contributed by atoms with Gasteiger partial charge >= 0.3 is 0 Å². The number of hydrogen-bond acceptors (Lipinski definition) is 3. The van der Waals surface area contributed by atoms with E-state index in [1.165, 1.54) is 37.7 Å². The molecule has 110 valence electrons. The van der Waals surface area contributed by atoms with Crippen LogP contribution in [0.25, 0.3) is 0 Å². The molecule has 1 N–H and O–H groups in total. The zero-order valence-electron chi connectivity index (χ0n) is 12.4. The van der Waals surface area contributed by atoms with Crippen LogP contribution in [0.5, 0.6) is 11.5 Å². The first-order valence-corrected chi connectivity index (χ1v) is 8.01. The summed E-state index contributed by atoms with van der Waals surface area (Å²) in [6.45, 7) is 4.51. The Kier molecular flexibility index (Phi) is 4.46. The Bertz CT molecular complexity index is 441. The normalized spacial score (nSPS) is 20.6. The Morgan fingerprint density at radius 2 is 1.85 bits per heavy atom. The lowest BCUT2D eigenvalue weighted by Crippen LogP contribution is -2.29. The molecule has 1 fully saturated rings. The molecule has 0 saturated heterocycles. The van der Waals surface area contributed by atoms with E-state index in [0.717, 1.165) is 24.0 Å². The summed E-state index contributed by atoms with van der Waals surface area (Å²) >= 11 is 0. The van der Waals surface area contributed by atoms with Crippen molar-refractivity contribution in [3.8, 4) is 11.5 Å². The summed E-state index contributed by atoms with van der Waals surface area (Å²) in [5, 5.41) is 3.68. The van der Waals surface area contributed by atoms with Gasteiger partial charge in [-0.15, -0.1) is 0 Å². The largest absolute Gasteiger partial charge is 0.486 e. The smallest absolute Gasteiger partial charge is 0.161 e. The van der Waals surface area contributed by atoms with Crippen LogP contribution in [0.1, 0.15) is 50.6 Å². The van der Waals surface area contributed by atoms with Crippen LogP contribution >= 0.6 is 0 Å². The molecule has 0 amide bonds. The van der Waals surface area contributed by atoms with Gasteiger partial charge < -0.3 is 14.8 Å². The highest BCUT2D eigenvalue weighted by atomic mass is 16.6. The summed E-state index contributed by atoms with van der Waals surface area (Å²) in [5.41, 5.74) is 1.35. The van der Waals surface area contributed by atoms with Gasteiger partial charge in [-0.1, -0.05) is 32.3 Å². The number of fused-ring (bicyclic) bond motifs is 1. The molecule has 1 saturated carbocycles. The van der Waals surface area contributed by atoms with E-state index in [9.17, 15) is 0 Å². The number of hydrogen-bond donors (Lipinski definition) is 1. The molecule has 0 radical (unpaired) electrons. The van der Waals surface area contributed by atoms with Crippen molar-refractivity contribution in [1.29, 1.82) is 0 Å². The third-order valence-electron chi connectivity index (χ3n) is 4.47. The van der Waals surface area contributed by atoms with Gasteiger partial charge in [-0.2, -0.15) is 0 Å². The van der Waals surface area contributed by atoms with Gasteiger partial charge in [0.05, 0.1) is 0 Å². The molecular formula is C17H25NO2. The lowest BCUT2D eigenvalue weighted by atomic mass is 9.81. The predicted octanol–water partition coefficient (Wildman–Crippen LogP) is 3.69. The van der Waals surface area contributed by atoms with Gasteiger partial charge in [0, 0.05) is 6.04 Å². The SMILES string of the molecule is CCNC(c1ccc2c(c1)OCCO2)C1CCCCC1. The molecule has 1 unspecified atom stereocenters. The third kappa shape index (κ3) is 2.93. The van der Waals surface area contributed by atoms with Crippen molar-refractivity contribution in [1.82, 2.24) is 5.32 Å². The molecule has 20 heavy (non-hydrogen) atoms. The second-order valence-corrected chi connectivity index (χ2v) is 5.84. The topological polar surface area (TPSA) is 30.5 Å². The van der Waals surface area contributed by atoms with Crippen LogP contribution in [0.3, 0.4) is 0 Å². The van der Waals surface area contributed by atoms with Gasteiger partial charge in [0.1, 0.15) is 13.2 Å². The molecular weight excluding hydrogens is 250 g/mol. The second kappa shape index (κ2) is 6.49. The van der Waals surface area contributed by atoms with E-state index in [-0.39, 0.29) is 0 Å². The first-order valence-electron chi connectivity index (χ1n) is 8.01. The van der Waals surface area contributed by atoms with Gasteiger partial charge in [0.25, 0.3) is 0 Å². The Balaban J connectivity index is 1.82. The molecule has 1 heterocycles. The van der Waals surface area contributed by atoms with Crippen molar-refractivity contribution in [2.75, 3.05) is 19.8 Å². The number of nitrogens with one attached hydrogen (secondary N) is 1. The monoisotopic (exact) mass is 275 g/mol. The van der Waals surface area contributed by atoms with Gasteiger partial charge in [-0.3, -0.25) is 0 Å². The third-order valence-corrected chi connectivity index (χ3v) is 4.47. The fourth-order valence-corrected chi connectivity index (χ4v) is 3.50. The van der Waals surface area contributed by atoms with Gasteiger partial charge in [-0.25, -0.2) is 0 Å². The summed E-state index contributed by atoms with van der Waals surface area (Å²) in [6.07, 6.45) is 6.82. The highest BCUT2D eigenvalue weighted by Crippen LogP contribution is 2.38. The second-order valence-electron chi connectivity index (χ2n) is 5.84. The maximum Gasteiger partial charge on any atom is 0.161 e. The minimum atomic E-state index is 0.455. The molecule has 1 aromatic carbocycles. The summed E-state index contributed by atoms with van der Waals surface area (Å²) in [4.78, 5) is 0. The minimum absolute atomic E-state index is 0.455. The van der Waals surface area contributed by atoms with E-state index >= 15 is 0 Å². The van der Waals surface area contributed by atoms with Crippen LogP contribution in [-0.2, 0) is 0 Å². The van der Waals surface area contributed by atoms with Gasteiger partial charge in [-0.05, 0) is 43.0 Å². The van der Waals surface area contributed by atoms with Crippen molar-refractivity contribution in [2.24, 2.45) is 5.92 Å². The maximum absolute atomic E-state index is 5.73. The standard InChI is InChI=1S/C17H25NO2/c1-2-18-17(13-6-4-3-5-7-13)14-8-9-15-16(12-14)20-11-10-19-15/h8-9,12-13,17-18H,2-7,10-11H2,1H3. The molecule has 1 aromatic rings. The molecule has 2 aliphatic rings. The van der Waals surface area contributed by atoms with E-state index in [4.69, 9.17) is 9.47 Å². The highest BCUT2D eigenvalue weighted by Gasteiger charge is 2.25. The maximum atomic E-state index is 5.73. The first kappa shape index (κ1) is 13.7. The van der Waals surface area contributed by atoms with Crippen molar-refractivity contribution >= 4 is 0 Å². The average Bonchev–Trinajstić information content (AvgIpc) is 2.53. The molecule has 1 aliphatic carbocycles. The molecule has 0 spiro atoms. The van der Waals surface area contributed by atoms with Crippen molar-refractivity contribution < 1.29 is 9.47 Å². The van der Waals surface area contributed by atoms with Gasteiger partial charge in [0.15, 0.2) is 11.5 Å². The van der Waals surface area contributed by atoms with Crippen molar-refractivity contribution in [3.05, 3.63) is 23.8 Å². The molecule has 0 aromatic heterocycles. The van der Waals surface area contributed by atoms with Crippen LogP contribution in [0.15, 0.2) is 18.2 Å². The Morgan fingerprint density at radius 1 is 1.10 bits per heavy atom. The lowest BCUT2D eigenvalue weighted by Gasteiger charge is -2.32. The van der Waals surface area contributed by atoms with E-state index < -0.39 is 0 Å². The molecule has 1 atom stereocenters. The minimum Gasteiger partial charge on any atom is -0.486 e. The average molecular weight is 275 g/mol. The lowest BCUT2D eigenvalue weighted by molar-refractivity contribution is 0.171. The summed E-state index contributed by atoms with van der Waals surface area (Å²) in [7, 11) is 0. The quantitative estimate of drug-likeness (QED) is 0.909. The fraction of sp³-hybridized carbons (Fsp3) is 0.647. The van der Waals surface area contributed by atoms with E-state index in [1.807, 2.05) is 0 Å². The molecule has 0 bridgehead atoms. The summed E-state index contributed by atoms with van der Waals surface area (Å²) in [5.74, 6) is 2.55. The molecule has 1 aliphatic heterocycles. The molecule has 3 rings (SSSR count). The van der Waals surface area contributed by atoms with Crippen molar-refractivity contribution in [3.63, 3.8) is 0 Å². The molecule has 3 nitrogen and oxygen atoms in total. The van der Waals surface area contributed by atoms with Crippen LogP contribution in [0.2, 0.25) is 0 Å². The van der Waals surface area contributed by atoms with E-state index in [2.05, 4.69) is 30.4 Å². The zero-order valence-corrected chi connectivity index (χ0v) is 12.4. The molecule has 3 heteroatoms. The Labute approximate surface area is 121 Å². The van der Waals surface area contributed by atoms with Crippen molar-refractivity contribution in [2.45, 2.75) is 45.1 Å². The van der Waals surface area contributed by atoms with Crippen LogP contribution in [-0.4, -0.2) is 19.8 Å². The number of rotatable bonds is 4. The Hall–Kier alpha value is -1.22. The van der Waals surface area contributed by atoms with Crippen LogP contribution in [0, 0.1) is 5.92 Å². The van der Waals surface area contributed by atoms with E-state index in [0.29, 0.717) is 19.3 Å².